The molecule has 7 heteroatoms. The molecule has 2 aliphatic rings. The third kappa shape index (κ3) is 8.01. The highest BCUT2D eigenvalue weighted by atomic mass is 16.5. The summed E-state index contributed by atoms with van der Waals surface area (Å²) in [5.74, 6) is 1.70. The van der Waals surface area contributed by atoms with Crippen LogP contribution < -0.4 is 10.6 Å². The van der Waals surface area contributed by atoms with Crippen molar-refractivity contribution in [3.8, 4) is 0 Å². The van der Waals surface area contributed by atoms with E-state index in [-0.39, 0.29) is 6.09 Å². The average molecular weight is 444 g/mol. The highest BCUT2D eigenvalue weighted by Crippen LogP contribution is 2.21. The molecule has 0 spiro atoms. The van der Waals surface area contributed by atoms with Gasteiger partial charge in [-0.3, -0.25) is 4.99 Å². The summed E-state index contributed by atoms with van der Waals surface area (Å²) in [7, 11) is 3.25. The second kappa shape index (κ2) is 13.3. The number of nitrogens with zero attached hydrogens (tertiary/aromatic N) is 3. The molecule has 0 aliphatic carbocycles. The molecule has 3 rings (SSSR count). The monoisotopic (exact) mass is 443 g/mol. The van der Waals surface area contributed by atoms with Gasteiger partial charge in [-0.1, -0.05) is 30.3 Å². The number of amides is 1. The Morgan fingerprint density at radius 2 is 1.78 bits per heavy atom. The van der Waals surface area contributed by atoms with Crippen LogP contribution >= 0.6 is 0 Å². The molecule has 32 heavy (non-hydrogen) atoms. The van der Waals surface area contributed by atoms with E-state index in [9.17, 15) is 4.79 Å². The van der Waals surface area contributed by atoms with Gasteiger partial charge in [-0.05, 0) is 76.1 Å². The Morgan fingerprint density at radius 1 is 1.06 bits per heavy atom. The molecule has 2 heterocycles. The number of benzene rings is 1. The van der Waals surface area contributed by atoms with E-state index < -0.39 is 0 Å². The molecule has 2 N–H and O–H groups in total. The van der Waals surface area contributed by atoms with E-state index in [1.165, 1.54) is 58.0 Å². The van der Waals surface area contributed by atoms with Crippen molar-refractivity contribution < 1.29 is 9.53 Å². The van der Waals surface area contributed by atoms with Crippen LogP contribution in [0, 0.1) is 5.92 Å². The van der Waals surface area contributed by atoms with Crippen molar-refractivity contribution in [3.63, 3.8) is 0 Å². The normalized spacial score (nSPS) is 19.1. The molecule has 2 fully saturated rings. The first-order valence-electron chi connectivity index (χ1n) is 12.2. The topological polar surface area (TPSA) is 69.2 Å². The minimum atomic E-state index is -0.230. The van der Waals surface area contributed by atoms with Gasteiger partial charge < -0.3 is 25.2 Å². The number of aliphatic imine (C=N–C) groups is 1. The first kappa shape index (κ1) is 24.4. The van der Waals surface area contributed by atoms with Crippen molar-refractivity contribution in [2.45, 2.75) is 51.0 Å². The number of unbranched alkanes of at least 4 members (excludes halogenated alkanes) is 1. The van der Waals surface area contributed by atoms with Crippen molar-refractivity contribution in [3.05, 3.63) is 35.9 Å². The number of piperidine rings is 2. The van der Waals surface area contributed by atoms with Gasteiger partial charge in [-0.25, -0.2) is 4.79 Å². The summed E-state index contributed by atoms with van der Waals surface area (Å²) in [6.45, 7) is 6.05. The molecule has 0 atom stereocenters. The smallest absolute Gasteiger partial charge is 0.409 e. The Morgan fingerprint density at radius 3 is 2.44 bits per heavy atom. The summed E-state index contributed by atoms with van der Waals surface area (Å²) in [5, 5.41) is 6.95. The molecule has 1 aromatic rings. The van der Waals surface area contributed by atoms with Crippen LogP contribution in [0.1, 0.15) is 44.1 Å². The lowest BCUT2D eigenvalue weighted by Crippen LogP contribution is -2.49. The number of hydrogen-bond acceptors (Lipinski definition) is 4. The third-order valence-electron chi connectivity index (χ3n) is 6.76. The Balaban J connectivity index is 1.23. The van der Waals surface area contributed by atoms with Gasteiger partial charge in [0.25, 0.3) is 0 Å². The largest absolute Gasteiger partial charge is 0.453 e. The number of nitrogens with one attached hydrogen (secondary N) is 2. The van der Waals surface area contributed by atoms with Crippen LogP contribution in [0.2, 0.25) is 0 Å². The van der Waals surface area contributed by atoms with E-state index in [1.807, 2.05) is 7.05 Å². The van der Waals surface area contributed by atoms with Crippen molar-refractivity contribution in [1.82, 2.24) is 20.4 Å². The fraction of sp³-hybridized carbons (Fsp3) is 0.680. The molecular weight excluding hydrogens is 402 g/mol. The lowest BCUT2D eigenvalue weighted by molar-refractivity contribution is 0.111. The third-order valence-corrected chi connectivity index (χ3v) is 6.76. The van der Waals surface area contributed by atoms with Gasteiger partial charge in [0.2, 0.25) is 0 Å². The molecule has 2 saturated heterocycles. The van der Waals surface area contributed by atoms with Gasteiger partial charge in [0.1, 0.15) is 0 Å². The molecule has 0 unspecified atom stereocenters. The summed E-state index contributed by atoms with van der Waals surface area (Å²) in [5.41, 5.74) is 1.48. The lowest BCUT2D eigenvalue weighted by Gasteiger charge is -2.32. The van der Waals surface area contributed by atoms with Crippen molar-refractivity contribution in [1.29, 1.82) is 0 Å². The predicted octanol–water partition coefficient (Wildman–Crippen LogP) is 3.12. The molecule has 178 valence electrons. The average Bonchev–Trinajstić information content (AvgIpc) is 2.84. The second-order valence-electron chi connectivity index (χ2n) is 9.06. The minimum Gasteiger partial charge on any atom is -0.453 e. The van der Waals surface area contributed by atoms with Crippen molar-refractivity contribution in [2.24, 2.45) is 10.9 Å². The second-order valence-corrected chi connectivity index (χ2v) is 9.06. The molecule has 0 saturated carbocycles. The number of rotatable bonds is 8. The van der Waals surface area contributed by atoms with Crippen LogP contribution in [0.3, 0.4) is 0 Å². The number of carbonyl (C=O) groups is 1. The summed E-state index contributed by atoms with van der Waals surface area (Å²) in [6.07, 6.45) is 7.82. The Bertz CT molecular complexity index is 696. The fourth-order valence-electron chi connectivity index (χ4n) is 4.75. The molecule has 0 aromatic heterocycles. The minimum absolute atomic E-state index is 0.230. The SMILES string of the molecule is CN=C(NCCCCN1CCC(Cc2ccccc2)CC1)NC1CCN(C(=O)OC)CC1. The zero-order chi connectivity index (χ0) is 22.6. The predicted molar refractivity (Wildman–Crippen MR) is 130 cm³/mol. The van der Waals surface area contributed by atoms with Crippen molar-refractivity contribution in [2.75, 3.05) is 53.4 Å². The van der Waals surface area contributed by atoms with E-state index in [2.05, 4.69) is 50.9 Å². The van der Waals surface area contributed by atoms with Crippen LogP contribution in [0.25, 0.3) is 0 Å². The molecule has 0 radical (unpaired) electrons. The quantitative estimate of drug-likeness (QED) is 0.367. The maximum atomic E-state index is 11.6. The van der Waals surface area contributed by atoms with Gasteiger partial charge in [-0.15, -0.1) is 0 Å². The number of methoxy groups -OCH3 is 1. The number of hydrogen-bond donors (Lipinski definition) is 2. The van der Waals surface area contributed by atoms with Crippen molar-refractivity contribution >= 4 is 12.1 Å². The van der Waals surface area contributed by atoms with Gasteiger partial charge >= 0.3 is 6.09 Å². The maximum Gasteiger partial charge on any atom is 0.409 e. The summed E-state index contributed by atoms with van der Waals surface area (Å²) in [4.78, 5) is 20.4. The van der Waals surface area contributed by atoms with Crippen LogP contribution in [0.4, 0.5) is 4.79 Å². The number of carbonyl (C=O) groups excluding carboxylic acids is 1. The van der Waals surface area contributed by atoms with E-state index in [1.54, 1.807) is 4.90 Å². The Labute approximate surface area is 193 Å². The highest BCUT2D eigenvalue weighted by Gasteiger charge is 2.23. The number of guanidine groups is 1. The van der Waals surface area contributed by atoms with Crippen LogP contribution in [-0.2, 0) is 11.2 Å². The zero-order valence-electron chi connectivity index (χ0n) is 19.9. The Kier molecular flexibility index (Phi) is 10.1. The number of ether oxygens (including phenoxy) is 1. The summed E-state index contributed by atoms with van der Waals surface area (Å²) >= 11 is 0. The molecule has 1 aromatic carbocycles. The number of likely N-dealkylation sites (tertiary alicyclic amines) is 2. The molecule has 7 nitrogen and oxygen atoms in total. The fourth-order valence-corrected chi connectivity index (χ4v) is 4.75. The zero-order valence-corrected chi connectivity index (χ0v) is 19.9. The summed E-state index contributed by atoms with van der Waals surface area (Å²) < 4.78 is 4.80. The summed E-state index contributed by atoms with van der Waals surface area (Å²) in [6, 6.07) is 11.3. The molecule has 1 amide bonds. The molecule has 0 bridgehead atoms. The van der Waals surface area contributed by atoms with Crippen LogP contribution in [-0.4, -0.2) is 81.3 Å². The molecule has 2 aliphatic heterocycles. The van der Waals surface area contributed by atoms with E-state index in [0.29, 0.717) is 6.04 Å². The maximum absolute atomic E-state index is 11.6. The van der Waals surface area contributed by atoms with E-state index in [0.717, 1.165) is 50.8 Å². The van der Waals surface area contributed by atoms with E-state index >= 15 is 0 Å². The van der Waals surface area contributed by atoms with Crippen LogP contribution in [0.15, 0.2) is 35.3 Å². The van der Waals surface area contributed by atoms with Gasteiger partial charge in [-0.2, -0.15) is 0 Å². The van der Waals surface area contributed by atoms with Gasteiger partial charge in [0, 0.05) is 32.7 Å². The van der Waals surface area contributed by atoms with Gasteiger partial charge in [0.05, 0.1) is 7.11 Å². The first-order valence-corrected chi connectivity index (χ1v) is 12.2. The van der Waals surface area contributed by atoms with Gasteiger partial charge in [0.15, 0.2) is 5.96 Å². The first-order chi connectivity index (χ1) is 15.7. The lowest BCUT2D eigenvalue weighted by atomic mass is 9.90. The Hall–Kier alpha value is -2.28. The highest BCUT2D eigenvalue weighted by molar-refractivity contribution is 5.80. The van der Waals surface area contributed by atoms with Crippen LogP contribution in [0.5, 0.6) is 0 Å². The molecular formula is C25H41N5O2. The standard InChI is InChI=1S/C25H41N5O2/c1-26-24(28-23-12-18-30(19-13-23)25(31)32-2)27-14-6-7-15-29-16-10-22(11-17-29)20-21-8-4-3-5-9-21/h3-5,8-9,22-23H,6-7,10-20H2,1-2H3,(H2,26,27,28). The van der Waals surface area contributed by atoms with E-state index in [4.69, 9.17) is 4.74 Å².